The molecular weight excluding hydrogens is 480 g/mol. The van der Waals surface area contributed by atoms with E-state index in [9.17, 15) is 4.79 Å². The van der Waals surface area contributed by atoms with Crippen LogP contribution in [0.4, 0.5) is 0 Å². The first kappa shape index (κ1) is 22.3. The van der Waals surface area contributed by atoms with Crippen molar-refractivity contribution in [1.29, 1.82) is 0 Å². The highest BCUT2D eigenvalue weighted by atomic mass is 79.9. The molecule has 1 saturated heterocycles. The molecule has 2 aromatic heterocycles. The smallest absolute Gasteiger partial charge is 0.172 e. The fraction of sp³-hybridized carbons (Fsp3) is 0.611. The number of aromatic nitrogens is 4. The molecule has 3 heterocycles. The lowest BCUT2D eigenvalue weighted by atomic mass is 9.85. The Morgan fingerprint density at radius 3 is 1.81 bits per heavy atom. The molecule has 2 saturated carbocycles. The fourth-order valence-corrected chi connectivity index (χ4v) is 3.86. The Morgan fingerprint density at radius 1 is 0.926 bits per heavy atom. The standard InChI is InChI=1S/C9H11BrN2O2.C7H7BrN2O.2CH4/c10-7-5-11-12(6-7)8-3-9(4-8)13-1-2-14-9;8-5-3-9-10(4-5)6-1-7(11)2-6;;/h5-6,8H,1-4H2;3-4,6H,1-2H2;2*1H4. The largest absolute Gasteiger partial charge is 0.347 e. The van der Waals surface area contributed by atoms with Crippen LogP contribution in [0, 0.1) is 0 Å². The van der Waals surface area contributed by atoms with Gasteiger partial charge in [-0.3, -0.25) is 14.2 Å². The van der Waals surface area contributed by atoms with Crippen molar-refractivity contribution in [2.24, 2.45) is 0 Å². The minimum Gasteiger partial charge on any atom is -0.347 e. The Balaban J connectivity index is 0.000000185. The zero-order valence-electron chi connectivity index (χ0n) is 13.5. The molecule has 0 amide bonds. The van der Waals surface area contributed by atoms with E-state index in [1.165, 1.54) is 0 Å². The number of ketones is 1. The number of hydrogen-bond donors (Lipinski definition) is 0. The third-order valence-electron chi connectivity index (χ3n) is 4.72. The molecule has 0 N–H and O–H groups in total. The van der Waals surface area contributed by atoms with Gasteiger partial charge in [-0.2, -0.15) is 10.2 Å². The van der Waals surface area contributed by atoms with E-state index in [0.29, 0.717) is 30.7 Å². The van der Waals surface area contributed by atoms with Crippen LogP contribution < -0.4 is 0 Å². The third kappa shape index (κ3) is 4.88. The minimum absolute atomic E-state index is 0. The summed E-state index contributed by atoms with van der Waals surface area (Å²) in [6.07, 6.45) is 10.6. The monoisotopic (exact) mass is 504 g/mol. The molecule has 0 bridgehead atoms. The van der Waals surface area contributed by atoms with Crippen LogP contribution in [0.5, 0.6) is 0 Å². The zero-order chi connectivity index (χ0) is 17.4. The van der Waals surface area contributed by atoms with E-state index in [2.05, 4.69) is 42.1 Å². The second kappa shape index (κ2) is 8.98. The number of rotatable bonds is 2. The molecule has 1 spiro atoms. The predicted octanol–water partition coefficient (Wildman–Crippen LogP) is 4.55. The number of Topliss-reactive ketones (excluding diaryl/α,β-unsaturated/α-hetero) is 1. The maximum atomic E-state index is 10.6. The number of carbonyl (C=O) groups excluding carboxylic acids is 1. The van der Waals surface area contributed by atoms with Gasteiger partial charge in [0, 0.05) is 38.1 Å². The van der Waals surface area contributed by atoms with Crippen molar-refractivity contribution >= 4 is 37.6 Å². The van der Waals surface area contributed by atoms with Crippen LogP contribution in [0.1, 0.15) is 52.6 Å². The average molecular weight is 506 g/mol. The molecule has 3 fully saturated rings. The third-order valence-corrected chi connectivity index (χ3v) is 5.54. The summed E-state index contributed by atoms with van der Waals surface area (Å²) < 4.78 is 16.9. The van der Waals surface area contributed by atoms with E-state index in [0.717, 1.165) is 35.0 Å². The summed E-state index contributed by atoms with van der Waals surface area (Å²) in [5.41, 5.74) is 0. The maximum Gasteiger partial charge on any atom is 0.172 e. The lowest BCUT2D eigenvalue weighted by Gasteiger charge is -2.42. The normalized spacial score (nSPS) is 20.7. The van der Waals surface area contributed by atoms with Gasteiger partial charge in [0.15, 0.2) is 5.79 Å². The van der Waals surface area contributed by atoms with Crippen molar-refractivity contribution in [3.05, 3.63) is 33.7 Å². The Labute approximate surface area is 176 Å². The van der Waals surface area contributed by atoms with Gasteiger partial charge in [0.2, 0.25) is 0 Å². The first-order valence-electron chi connectivity index (χ1n) is 8.22. The van der Waals surface area contributed by atoms with Crippen LogP contribution >= 0.6 is 31.9 Å². The first-order chi connectivity index (χ1) is 12.0. The summed E-state index contributed by atoms with van der Waals surface area (Å²) in [6.45, 7) is 1.46. The van der Waals surface area contributed by atoms with Crippen LogP contribution in [0.15, 0.2) is 33.7 Å². The topological polar surface area (TPSA) is 71.2 Å². The summed E-state index contributed by atoms with van der Waals surface area (Å²) in [5, 5.41) is 8.34. The molecule has 1 aliphatic heterocycles. The van der Waals surface area contributed by atoms with E-state index in [1.54, 1.807) is 12.4 Å². The highest BCUT2D eigenvalue weighted by Gasteiger charge is 2.50. The molecule has 27 heavy (non-hydrogen) atoms. The lowest BCUT2D eigenvalue weighted by molar-refractivity contribution is -0.227. The highest BCUT2D eigenvalue weighted by molar-refractivity contribution is 9.10. The minimum atomic E-state index is -0.275. The number of hydrogen-bond acceptors (Lipinski definition) is 5. The van der Waals surface area contributed by atoms with Crippen molar-refractivity contribution in [1.82, 2.24) is 19.6 Å². The second-order valence-corrected chi connectivity index (χ2v) is 8.38. The lowest BCUT2D eigenvalue weighted by Crippen LogP contribution is -2.45. The van der Waals surface area contributed by atoms with E-state index in [1.807, 2.05) is 21.8 Å². The summed E-state index contributed by atoms with van der Waals surface area (Å²) in [4.78, 5) is 10.6. The SMILES string of the molecule is Brc1cnn(C2CC3(C2)OCCO3)c1.C.C.O=C1CC(n2cc(Br)cn2)C1. The van der Waals surface area contributed by atoms with Crippen LogP contribution in [0.25, 0.3) is 0 Å². The molecule has 2 aliphatic carbocycles. The fourth-order valence-electron chi connectivity index (χ4n) is 3.26. The molecule has 0 atom stereocenters. The number of nitrogens with zero attached hydrogens (tertiary/aromatic N) is 4. The predicted molar refractivity (Wildman–Crippen MR) is 110 cm³/mol. The van der Waals surface area contributed by atoms with Gasteiger partial charge in [-0.1, -0.05) is 14.9 Å². The summed E-state index contributed by atoms with van der Waals surface area (Å²) in [7, 11) is 0. The molecule has 5 rings (SSSR count). The highest BCUT2D eigenvalue weighted by Crippen LogP contribution is 2.46. The molecule has 2 aromatic rings. The van der Waals surface area contributed by atoms with Gasteiger partial charge in [-0.05, 0) is 31.9 Å². The van der Waals surface area contributed by atoms with Crippen molar-refractivity contribution in [2.45, 2.75) is 58.4 Å². The molecule has 150 valence electrons. The van der Waals surface area contributed by atoms with Crippen LogP contribution in [-0.2, 0) is 14.3 Å². The van der Waals surface area contributed by atoms with Gasteiger partial charge < -0.3 is 9.47 Å². The summed E-state index contributed by atoms with van der Waals surface area (Å²) in [5.74, 6) is 0.0601. The van der Waals surface area contributed by atoms with Crippen LogP contribution in [-0.4, -0.2) is 44.3 Å². The van der Waals surface area contributed by atoms with Gasteiger partial charge in [0.05, 0.1) is 46.6 Å². The number of ether oxygens (including phenoxy) is 2. The van der Waals surface area contributed by atoms with Crippen LogP contribution in [0.2, 0.25) is 0 Å². The Kier molecular flexibility index (Phi) is 7.40. The van der Waals surface area contributed by atoms with Crippen molar-refractivity contribution in [2.75, 3.05) is 13.2 Å². The molecule has 0 radical (unpaired) electrons. The second-order valence-electron chi connectivity index (χ2n) is 6.55. The average Bonchev–Trinajstić information content (AvgIpc) is 3.23. The van der Waals surface area contributed by atoms with Gasteiger partial charge in [0.1, 0.15) is 5.78 Å². The summed E-state index contributed by atoms with van der Waals surface area (Å²) in [6, 6.07) is 0.744. The van der Waals surface area contributed by atoms with E-state index in [4.69, 9.17) is 9.47 Å². The van der Waals surface area contributed by atoms with Crippen molar-refractivity contribution < 1.29 is 14.3 Å². The Bertz CT molecular complexity index is 754. The molecule has 9 heteroatoms. The Morgan fingerprint density at radius 2 is 1.41 bits per heavy atom. The first-order valence-corrected chi connectivity index (χ1v) is 9.80. The van der Waals surface area contributed by atoms with E-state index in [-0.39, 0.29) is 20.6 Å². The Hall–Kier alpha value is -1.03. The van der Waals surface area contributed by atoms with Gasteiger partial charge in [0.25, 0.3) is 0 Å². The van der Waals surface area contributed by atoms with Crippen molar-refractivity contribution in [3.63, 3.8) is 0 Å². The molecule has 0 unspecified atom stereocenters. The van der Waals surface area contributed by atoms with E-state index >= 15 is 0 Å². The zero-order valence-corrected chi connectivity index (χ0v) is 16.6. The number of carbonyl (C=O) groups is 1. The molecule has 7 nitrogen and oxygen atoms in total. The maximum absolute atomic E-state index is 10.6. The quantitative estimate of drug-likeness (QED) is 0.598. The van der Waals surface area contributed by atoms with Crippen molar-refractivity contribution in [3.8, 4) is 0 Å². The van der Waals surface area contributed by atoms with Crippen LogP contribution in [0.3, 0.4) is 0 Å². The molecular formula is C18H26Br2N4O3. The molecule has 0 aromatic carbocycles. The summed E-state index contributed by atoms with van der Waals surface area (Å²) >= 11 is 6.68. The van der Waals surface area contributed by atoms with Gasteiger partial charge in [-0.15, -0.1) is 0 Å². The molecule has 3 aliphatic rings. The van der Waals surface area contributed by atoms with Gasteiger partial charge in [-0.25, -0.2) is 0 Å². The number of halogens is 2. The van der Waals surface area contributed by atoms with E-state index < -0.39 is 0 Å². The van der Waals surface area contributed by atoms with Gasteiger partial charge >= 0.3 is 0 Å².